The van der Waals surface area contributed by atoms with Gasteiger partial charge in [0.15, 0.2) is 0 Å². The lowest BCUT2D eigenvalue weighted by atomic mass is 10.3. The van der Waals surface area contributed by atoms with Crippen LogP contribution in [0.1, 0.15) is 0 Å². The van der Waals surface area contributed by atoms with Crippen molar-refractivity contribution < 1.29 is 21.8 Å². The van der Waals surface area contributed by atoms with Crippen molar-refractivity contribution in [3.8, 4) is 0 Å². The lowest BCUT2D eigenvalue weighted by Crippen LogP contribution is -2.52. The van der Waals surface area contributed by atoms with Gasteiger partial charge in [0.2, 0.25) is 0 Å². The van der Waals surface area contributed by atoms with E-state index < -0.39 is 7.25 Å². The highest BCUT2D eigenvalue weighted by molar-refractivity contribution is 6.50. The zero-order valence-electron chi connectivity index (χ0n) is 12.2. The number of rotatable bonds is 2. The molecule has 0 saturated carbocycles. The van der Waals surface area contributed by atoms with Gasteiger partial charge in [0.1, 0.15) is 39.2 Å². The molecule has 21 heavy (non-hydrogen) atoms. The maximum absolute atomic E-state index is 9.75. The van der Waals surface area contributed by atoms with E-state index in [9.17, 15) is 17.3 Å². The summed E-state index contributed by atoms with van der Waals surface area (Å²) >= 11 is 0. The number of quaternary nitrogens is 1. The molecule has 0 unspecified atom stereocenters. The molecule has 0 amide bonds. The average Bonchev–Trinajstić information content (AvgIpc) is 2.68. The minimum absolute atomic E-state index is 0.507. The van der Waals surface area contributed by atoms with E-state index in [0.29, 0.717) is 4.59 Å². The van der Waals surface area contributed by atoms with Gasteiger partial charge >= 0.3 is 13.6 Å². The van der Waals surface area contributed by atoms with Gasteiger partial charge in [-0.3, -0.25) is 0 Å². The molecule has 1 heterocycles. The van der Waals surface area contributed by atoms with Gasteiger partial charge in [0.05, 0.1) is 0 Å². The molecule has 0 bridgehead atoms. The zero-order valence-corrected chi connectivity index (χ0v) is 12.2. The van der Waals surface area contributed by atoms with Gasteiger partial charge in [-0.05, 0) is 17.3 Å². The molecule has 116 valence electrons. The van der Waals surface area contributed by atoms with Crippen molar-refractivity contribution in [3.05, 3.63) is 24.3 Å². The Hall–Kier alpha value is -1.97. The first kappa shape index (κ1) is 17.1. The van der Waals surface area contributed by atoms with Crippen LogP contribution >= 0.6 is 0 Å². The molecule has 10 heteroatoms. The normalized spacial score (nSPS) is 11.8. The maximum Gasteiger partial charge on any atom is 0.673 e. The molecule has 1 aromatic heterocycles. The van der Waals surface area contributed by atoms with E-state index in [1.165, 1.54) is 0 Å². The SMILES string of the molecule is C[N+](C)=C[N+](C)(C)n1nnc2ccccc21.F[B-](F)(F)F. The molecule has 0 fully saturated rings. The number of benzene rings is 1. The number of hydrogen-bond acceptors (Lipinski definition) is 2. The molecule has 0 spiro atoms. The number of para-hydroxylation sites is 1. The molecule has 2 aromatic rings. The third-order valence-electron chi connectivity index (χ3n) is 2.34. The monoisotopic (exact) mass is 306 g/mol. The summed E-state index contributed by atoms with van der Waals surface area (Å²) in [5.74, 6) is 0. The second-order valence-electron chi connectivity index (χ2n) is 5.02. The van der Waals surface area contributed by atoms with Crippen LogP contribution in [0.2, 0.25) is 0 Å². The molecular weight excluding hydrogens is 289 g/mol. The number of aromatic nitrogens is 3. The fraction of sp³-hybridized carbons (Fsp3) is 0.364. The van der Waals surface area contributed by atoms with Gasteiger partial charge in [-0.1, -0.05) is 16.9 Å². The van der Waals surface area contributed by atoms with Gasteiger partial charge in [-0.15, -0.1) is 9.69 Å². The smallest absolute Gasteiger partial charge is 0.418 e. The van der Waals surface area contributed by atoms with E-state index in [1.807, 2.05) is 47.7 Å². The van der Waals surface area contributed by atoms with Crippen molar-refractivity contribution in [2.75, 3.05) is 28.2 Å². The van der Waals surface area contributed by atoms with Crippen LogP contribution in [0.15, 0.2) is 24.3 Å². The molecule has 0 radical (unpaired) electrons. The van der Waals surface area contributed by atoms with Crippen LogP contribution in [0.4, 0.5) is 17.3 Å². The molecule has 0 aliphatic carbocycles. The van der Waals surface area contributed by atoms with Crippen LogP contribution in [-0.2, 0) is 0 Å². The maximum atomic E-state index is 9.75. The van der Waals surface area contributed by atoms with Gasteiger partial charge in [-0.25, -0.2) is 0 Å². The molecule has 0 N–H and O–H groups in total. The Balaban J connectivity index is 0.000000383. The van der Waals surface area contributed by atoms with Gasteiger partial charge in [-0.2, -0.15) is 4.58 Å². The summed E-state index contributed by atoms with van der Waals surface area (Å²) in [5, 5.41) is 8.35. The first-order chi connectivity index (χ1) is 9.50. The van der Waals surface area contributed by atoms with Crippen molar-refractivity contribution in [1.82, 2.24) is 19.7 Å². The molecule has 0 saturated heterocycles. The van der Waals surface area contributed by atoms with Crippen LogP contribution < -0.4 is 4.59 Å². The van der Waals surface area contributed by atoms with Crippen molar-refractivity contribution in [1.29, 1.82) is 0 Å². The highest BCUT2D eigenvalue weighted by Crippen LogP contribution is 2.11. The summed E-state index contributed by atoms with van der Waals surface area (Å²) in [6.45, 7) is 0. The predicted molar refractivity (Wildman–Crippen MR) is 75.3 cm³/mol. The second-order valence-corrected chi connectivity index (χ2v) is 5.02. The molecule has 0 aliphatic rings. The van der Waals surface area contributed by atoms with Crippen LogP contribution in [0, 0.1) is 0 Å². The van der Waals surface area contributed by atoms with E-state index in [-0.39, 0.29) is 0 Å². The van der Waals surface area contributed by atoms with E-state index >= 15 is 0 Å². The van der Waals surface area contributed by atoms with E-state index in [4.69, 9.17) is 0 Å². The molecule has 1 aromatic carbocycles. The molecule has 5 nitrogen and oxygen atoms in total. The quantitative estimate of drug-likeness (QED) is 0.211. The van der Waals surface area contributed by atoms with Crippen LogP contribution in [0.25, 0.3) is 11.0 Å². The second kappa shape index (κ2) is 6.21. The first-order valence-electron chi connectivity index (χ1n) is 6.05. The molecule has 0 atom stereocenters. The number of hydrogen-bond donors (Lipinski definition) is 0. The summed E-state index contributed by atoms with van der Waals surface area (Å²) in [6.07, 6.45) is 2.06. The standard InChI is InChI=1S/C11H17N5.BF4/c1-14(2)9-16(3,4)15-11-8-6-5-7-10(11)12-13-15;2-1(3,4)5/h5-9H,1-4H3;/q+2;-1. The minimum atomic E-state index is -6.00. The summed E-state index contributed by atoms with van der Waals surface area (Å²) in [4.78, 5) is 1.88. The fourth-order valence-electron chi connectivity index (χ4n) is 1.85. The van der Waals surface area contributed by atoms with Crippen molar-refractivity contribution in [2.24, 2.45) is 0 Å². The molecular formula is C11H17BF4N5+. The van der Waals surface area contributed by atoms with Crippen molar-refractivity contribution >= 4 is 24.6 Å². The molecule has 2 rings (SSSR count). The van der Waals surface area contributed by atoms with Crippen LogP contribution in [-0.4, -0.2) is 61.5 Å². The number of nitrogens with zero attached hydrogens (tertiary/aromatic N) is 5. The average molecular weight is 306 g/mol. The zero-order chi connectivity index (χ0) is 16.3. The third-order valence-corrected chi connectivity index (χ3v) is 2.34. The molecule has 0 aliphatic heterocycles. The van der Waals surface area contributed by atoms with E-state index in [0.717, 1.165) is 11.0 Å². The van der Waals surface area contributed by atoms with Gasteiger partial charge in [0, 0.05) is 0 Å². The predicted octanol–water partition coefficient (Wildman–Crippen LogP) is 1.73. The summed E-state index contributed by atoms with van der Waals surface area (Å²) in [6, 6.07) is 7.96. The lowest BCUT2D eigenvalue weighted by Gasteiger charge is -2.19. The van der Waals surface area contributed by atoms with Crippen molar-refractivity contribution in [3.63, 3.8) is 0 Å². The fourth-order valence-corrected chi connectivity index (χ4v) is 1.85. The minimum Gasteiger partial charge on any atom is -0.418 e. The van der Waals surface area contributed by atoms with Gasteiger partial charge < -0.3 is 17.3 Å². The Morgan fingerprint density at radius 3 is 2.19 bits per heavy atom. The Bertz CT molecular complexity index is 625. The Kier molecular flexibility index (Phi) is 5.05. The third kappa shape index (κ3) is 5.50. The van der Waals surface area contributed by atoms with Crippen molar-refractivity contribution in [2.45, 2.75) is 0 Å². The largest absolute Gasteiger partial charge is 0.673 e. The number of halogens is 4. The van der Waals surface area contributed by atoms with Crippen LogP contribution in [0.3, 0.4) is 0 Å². The highest BCUT2D eigenvalue weighted by Gasteiger charge is 2.24. The van der Waals surface area contributed by atoms with E-state index in [2.05, 4.69) is 30.7 Å². The number of fused-ring (bicyclic) bond motifs is 1. The van der Waals surface area contributed by atoms with E-state index in [1.54, 1.807) is 0 Å². The Labute approximate surface area is 119 Å². The van der Waals surface area contributed by atoms with Crippen LogP contribution in [0.5, 0.6) is 0 Å². The topological polar surface area (TPSA) is 33.7 Å². The first-order valence-corrected chi connectivity index (χ1v) is 6.05. The Morgan fingerprint density at radius 1 is 1.14 bits per heavy atom. The highest BCUT2D eigenvalue weighted by atomic mass is 19.5. The summed E-state index contributed by atoms with van der Waals surface area (Å²) in [5.41, 5.74) is 1.95. The summed E-state index contributed by atoms with van der Waals surface area (Å²) in [7, 11) is 2.11. The summed E-state index contributed by atoms with van der Waals surface area (Å²) < 4.78 is 41.5. The van der Waals surface area contributed by atoms with Gasteiger partial charge in [0.25, 0.3) is 0 Å². The Morgan fingerprint density at radius 2 is 1.67 bits per heavy atom. The lowest BCUT2D eigenvalue weighted by molar-refractivity contribution is -0.465.